The van der Waals surface area contributed by atoms with E-state index in [1.807, 2.05) is 6.08 Å². The molecule has 0 aliphatic carbocycles. The van der Waals surface area contributed by atoms with Gasteiger partial charge in [-0.05, 0) is 12.6 Å². The van der Waals surface area contributed by atoms with Crippen molar-refractivity contribution in [2.75, 3.05) is 0 Å². The van der Waals surface area contributed by atoms with E-state index in [1.54, 1.807) is 0 Å². The van der Waals surface area contributed by atoms with Crippen molar-refractivity contribution in [3.8, 4) is 0 Å². The van der Waals surface area contributed by atoms with Gasteiger partial charge < -0.3 is 15.0 Å². The first-order chi connectivity index (χ1) is 4.65. The summed E-state index contributed by atoms with van der Waals surface area (Å²) in [5.74, 6) is 0. The molecule has 0 heterocycles. The first-order valence-electron chi connectivity index (χ1n) is 2.27. The van der Waals surface area contributed by atoms with Crippen LogP contribution in [-0.4, -0.2) is 6.16 Å². The molecular weight excluding hydrogens is 258 g/mol. The van der Waals surface area contributed by atoms with Crippen LogP contribution < -0.4 is 10.2 Å². The van der Waals surface area contributed by atoms with E-state index in [0.717, 1.165) is 6.42 Å². The fourth-order valence-corrected chi connectivity index (χ4v) is 0. The molecule has 0 saturated heterocycles. The minimum atomic E-state index is -2.33. The molecule has 6 heteroatoms. The van der Waals surface area contributed by atoms with Gasteiger partial charge in [0.1, 0.15) is 0 Å². The maximum absolute atomic E-state index is 8.33. The molecule has 0 rings (SSSR count). The van der Waals surface area contributed by atoms with Gasteiger partial charge in [-0.15, -0.1) is 6.58 Å². The second-order valence-corrected chi connectivity index (χ2v) is 0.947. The zero-order chi connectivity index (χ0) is 8.99. The van der Waals surface area contributed by atoms with Crippen molar-refractivity contribution in [1.82, 2.24) is 0 Å². The van der Waals surface area contributed by atoms with Gasteiger partial charge in [-0.3, -0.25) is 0 Å². The summed E-state index contributed by atoms with van der Waals surface area (Å²) in [6, 6.07) is 0. The van der Waals surface area contributed by atoms with E-state index in [2.05, 4.69) is 38.2 Å². The third kappa shape index (κ3) is 458. The SMILES string of the molecule is C=CCC.O=C([O-])[O-].[Ni+2].[S]=[Co]. The van der Waals surface area contributed by atoms with Crippen molar-refractivity contribution in [3.63, 3.8) is 0 Å². The molecule has 0 aliphatic heterocycles. The van der Waals surface area contributed by atoms with Crippen LogP contribution in [0, 0.1) is 0 Å². The van der Waals surface area contributed by atoms with Crippen LogP contribution in [0.4, 0.5) is 4.79 Å². The van der Waals surface area contributed by atoms with Gasteiger partial charge in [0.05, 0.1) is 0 Å². The number of rotatable bonds is 1. The van der Waals surface area contributed by atoms with E-state index in [-0.39, 0.29) is 16.5 Å². The molecule has 0 spiro atoms. The van der Waals surface area contributed by atoms with Gasteiger partial charge in [0.25, 0.3) is 0 Å². The summed E-state index contributed by atoms with van der Waals surface area (Å²) in [6.45, 7) is 5.54. The van der Waals surface area contributed by atoms with Crippen LogP contribution >= 0.6 is 10.6 Å². The molecule has 0 unspecified atom stereocenters. The molecule has 0 aliphatic rings. The second-order valence-electron chi connectivity index (χ2n) is 0.947. The monoisotopic (exact) mass is 265 g/mol. The zero-order valence-corrected chi connectivity index (χ0v) is 8.62. The topological polar surface area (TPSA) is 63.2 Å². The Balaban J connectivity index is -0.0000000339. The molecule has 3 nitrogen and oxygen atoms in total. The molecule has 0 atom stereocenters. The summed E-state index contributed by atoms with van der Waals surface area (Å²) >= 11 is 3.15. The number of hydrogen-bond acceptors (Lipinski definition) is 4. The molecule has 0 aromatic rings. The average Bonchev–Trinajstić information content (AvgIpc) is 1.91. The van der Waals surface area contributed by atoms with Crippen LogP contribution in [0.1, 0.15) is 13.3 Å². The first-order valence-corrected chi connectivity index (χ1v) is 3.82. The fourth-order valence-electron chi connectivity index (χ4n) is 0. The number of carbonyl (C=O) groups is 1. The molecule has 0 N–H and O–H groups in total. The van der Waals surface area contributed by atoms with Crippen molar-refractivity contribution in [2.24, 2.45) is 0 Å². The summed E-state index contributed by atoms with van der Waals surface area (Å²) in [5, 5.41) is 16.7. The van der Waals surface area contributed by atoms with Crippen molar-refractivity contribution in [2.45, 2.75) is 13.3 Å². The van der Waals surface area contributed by atoms with Gasteiger partial charge in [-0.2, -0.15) is 0 Å². The Morgan fingerprint density at radius 3 is 1.73 bits per heavy atom. The molecule has 11 heavy (non-hydrogen) atoms. The average molecular weight is 266 g/mol. The fraction of sp³-hybridized carbons (Fsp3) is 0.400. The third-order valence-corrected chi connectivity index (χ3v) is 0.289. The standard InChI is InChI=1S/C4H8.CH2O3.Co.Ni.S/c1-3-4-2;2-1(3)4;;;/h3H,1,4H2,2H3;(H2,2,3,4);;;/q;;;+2;/p-2. The van der Waals surface area contributed by atoms with Crippen LogP contribution in [0.5, 0.6) is 0 Å². The summed E-state index contributed by atoms with van der Waals surface area (Å²) in [4.78, 5) is 8.33. The normalized spacial score (nSPS) is 4.91. The Kier molecular flexibility index (Phi) is 65.1. The Morgan fingerprint density at radius 1 is 1.64 bits per heavy atom. The van der Waals surface area contributed by atoms with E-state index in [0.29, 0.717) is 0 Å². The Hall–Kier alpha value is 0.230. The third-order valence-electron chi connectivity index (χ3n) is 0.289. The van der Waals surface area contributed by atoms with Gasteiger partial charge in [0.15, 0.2) is 0 Å². The summed E-state index contributed by atoms with van der Waals surface area (Å²) in [6.07, 6.45) is 0.625. The number of allylic oxidation sites excluding steroid dienone is 1. The van der Waals surface area contributed by atoms with Crippen molar-refractivity contribution in [1.29, 1.82) is 0 Å². The molecule has 0 radical (unpaired) electrons. The van der Waals surface area contributed by atoms with E-state index in [1.165, 1.54) is 0 Å². The Labute approximate surface area is 88.3 Å². The summed E-state index contributed by atoms with van der Waals surface area (Å²) < 4.78 is 0. The molecule has 0 amide bonds. The van der Waals surface area contributed by atoms with E-state index < -0.39 is 6.16 Å². The number of carboxylic acid groups (broad SMARTS) is 2. The summed E-state index contributed by atoms with van der Waals surface area (Å²) in [5.41, 5.74) is 0. The number of hydrogen-bond donors (Lipinski definition) is 0. The molecule has 0 fully saturated rings. The molecule has 0 bridgehead atoms. The zero-order valence-electron chi connectivity index (χ0n) is 5.77. The molecular formula is C5H8CoNiO3S. The predicted molar refractivity (Wildman–Crippen MR) is 33.5 cm³/mol. The van der Waals surface area contributed by atoms with Gasteiger partial charge in [0, 0.05) is 0 Å². The second kappa shape index (κ2) is 31.9. The van der Waals surface area contributed by atoms with E-state index in [4.69, 9.17) is 15.0 Å². The van der Waals surface area contributed by atoms with Crippen LogP contribution in [0.25, 0.3) is 0 Å². The van der Waals surface area contributed by atoms with E-state index >= 15 is 0 Å². The predicted octanol–water partition coefficient (Wildman–Crippen LogP) is -0.221. The van der Waals surface area contributed by atoms with Gasteiger partial charge in [0.2, 0.25) is 0 Å². The van der Waals surface area contributed by atoms with E-state index in [9.17, 15) is 0 Å². The van der Waals surface area contributed by atoms with Crippen LogP contribution in [0.3, 0.4) is 0 Å². The van der Waals surface area contributed by atoms with Crippen molar-refractivity contribution in [3.05, 3.63) is 12.7 Å². The first kappa shape index (κ1) is 22.5. The molecule has 0 saturated carbocycles. The van der Waals surface area contributed by atoms with Crippen LogP contribution in [-0.2, 0) is 30.6 Å². The molecule has 71 valence electrons. The van der Waals surface area contributed by atoms with Crippen LogP contribution in [0.15, 0.2) is 12.7 Å². The van der Waals surface area contributed by atoms with Gasteiger partial charge in [-0.25, -0.2) is 0 Å². The molecule has 0 aromatic carbocycles. The number of carbonyl (C=O) groups excluding carboxylic acids is 1. The minimum absolute atomic E-state index is 0. The van der Waals surface area contributed by atoms with Gasteiger partial charge >= 0.3 is 41.2 Å². The Morgan fingerprint density at radius 2 is 1.73 bits per heavy atom. The van der Waals surface area contributed by atoms with Gasteiger partial charge in [-0.1, -0.05) is 13.0 Å². The summed E-state index contributed by atoms with van der Waals surface area (Å²) in [7, 11) is 3.77. The van der Waals surface area contributed by atoms with Crippen molar-refractivity contribution >= 4 is 16.8 Å². The van der Waals surface area contributed by atoms with Crippen LogP contribution in [0.2, 0.25) is 0 Å². The van der Waals surface area contributed by atoms with Crippen molar-refractivity contribution < 1.29 is 45.6 Å². The Bertz CT molecular complexity index is 87.8. The maximum atomic E-state index is 8.33. The molecule has 0 aromatic heterocycles. The quantitative estimate of drug-likeness (QED) is 0.486.